The van der Waals surface area contributed by atoms with Gasteiger partial charge in [0.25, 0.3) is 0 Å². The molecule has 2 rings (SSSR count). The van der Waals surface area contributed by atoms with Crippen molar-refractivity contribution in [2.45, 2.75) is 44.3 Å². The quantitative estimate of drug-likeness (QED) is 0.768. The first-order valence-electron chi connectivity index (χ1n) is 6.84. The Morgan fingerprint density at radius 2 is 2.11 bits per heavy atom. The van der Waals surface area contributed by atoms with E-state index < -0.39 is 5.60 Å². The van der Waals surface area contributed by atoms with Crippen molar-refractivity contribution in [3.8, 4) is 0 Å². The van der Waals surface area contributed by atoms with Crippen molar-refractivity contribution < 1.29 is 19.4 Å². The van der Waals surface area contributed by atoms with Gasteiger partial charge in [-0.15, -0.1) is 0 Å². The van der Waals surface area contributed by atoms with Crippen molar-refractivity contribution in [3.63, 3.8) is 0 Å². The van der Waals surface area contributed by atoms with Crippen molar-refractivity contribution in [1.29, 1.82) is 0 Å². The van der Waals surface area contributed by atoms with Crippen LogP contribution in [0.4, 0.5) is 0 Å². The average Bonchev–Trinajstić information content (AvgIpc) is 2.85. The molecule has 0 bridgehead atoms. The van der Waals surface area contributed by atoms with E-state index >= 15 is 0 Å². The fourth-order valence-corrected chi connectivity index (χ4v) is 2.66. The van der Waals surface area contributed by atoms with Crippen LogP contribution in [0.1, 0.15) is 32.6 Å². The van der Waals surface area contributed by atoms with Crippen LogP contribution in [0, 0.1) is 5.92 Å². The monoisotopic (exact) mass is 257 g/mol. The molecule has 18 heavy (non-hydrogen) atoms. The molecule has 0 saturated carbocycles. The first-order valence-corrected chi connectivity index (χ1v) is 6.84. The number of rotatable bonds is 4. The van der Waals surface area contributed by atoms with E-state index in [9.17, 15) is 9.90 Å². The fourth-order valence-electron chi connectivity index (χ4n) is 2.66. The summed E-state index contributed by atoms with van der Waals surface area (Å²) in [5.74, 6) is -0.0438. The van der Waals surface area contributed by atoms with Crippen LogP contribution in [0.15, 0.2) is 0 Å². The van der Waals surface area contributed by atoms with Gasteiger partial charge in [0.05, 0.1) is 17.6 Å². The largest absolute Gasteiger partial charge is 0.388 e. The fraction of sp³-hybridized carbons (Fsp3) is 0.923. The Kier molecular flexibility index (Phi) is 4.59. The Morgan fingerprint density at radius 1 is 1.39 bits per heavy atom. The standard InChI is InChI=1S/C13H23NO4/c1-2-11-10(3-6-18-11)12(15)14-9-13(16)4-7-17-8-5-13/h10-11,16H,2-9H2,1H3,(H,14,15). The lowest BCUT2D eigenvalue weighted by atomic mass is 9.93. The Bertz CT molecular complexity index is 289. The van der Waals surface area contributed by atoms with Gasteiger partial charge in [-0.2, -0.15) is 0 Å². The van der Waals surface area contributed by atoms with Gasteiger partial charge in [0.1, 0.15) is 0 Å². The summed E-state index contributed by atoms with van der Waals surface area (Å²) in [5, 5.41) is 13.1. The number of aliphatic hydroxyl groups is 1. The molecule has 0 aromatic heterocycles. The predicted molar refractivity (Wildman–Crippen MR) is 66.2 cm³/mol. The summed E-state index contributed by atoms with van der Waals surface area (Å²) in [6, 6.07) is 0. The average molecular weight is 257 g/mol. The maximum Gasteiger partial charge on any atom is 0.225 e. The highest BCUT2D eigenvalue weighted by atomic mass is 16.5. The summed E-state index contributed by atoms with van der Waals surface area (Å²) in [5.41, 5.74) is -0.797. The molecule has 2 aliphatic heterocycles. The molecule has 1 amide bonds. The predicted octanol–water partition coefficient (Wildman–Crippen LogP) is 0.459. The highest BCUT2D eigenvalue weighted by molar-refractivity contribution is 5.79. The molecule has 0 radical (unpaired) electrons. The molecule has 2 N–H and O–H groups in total. The van der Waals surface area contributed by atoms with E-state index in [1.54, 1.807) is 0 Å². The Hall–Kier alpha value is -0.650. The number of hydrogen-bond donors (Lipinski definition) is 2. The molecule has 2 fully saturated rings. The lowest BCUT2D eigenvalue weighted by Gasteiger charge is -2.32. The van der Waals surface area contributed by atoms with Crippen LogP contribution >= 0.6 is 0 Å². The van der Waals surface area contributed by atoms with E-state index in [2.05, 4.69) is 5.32 Å². The van der Waals surface area contributed by atoms with Gasteiger partial charge >= 0.3 is 0 Å². The molecule has 0 aliphatic carbocycles. The zero-order valence-corrected chi connectivity index (χ0v) is 11.0. The molecule has 104 valence electrons. The highest BCUT2D eigenvalue weighted by Gasteiger charge is 2.35. The van der Waals surface area contributed by atoms with E-state index in [1.165, 1.54) is 0 Å². The van der Waals surface area contributed by atoms with Crippen molar-refractivity contribution in [2.75, 3.05) is 26.4 Å². The Labute approximate surface area is 108 Å². The maximum atomic E-state index is 12.1. The van der Waals surface area contributed by atoms with Gasteiger partial charge in [-0.25, -0.2) is 0 Å². The molecule has 2 aliphatic rings. The minimum atomic E-state index is -0.797. The summed E-state index contributed by atoms with van der Waals surface area (Å²) in [4.78, 5) is 12.1. The number of carbonyl (C=O) groups excluding carboxylic acids is 1. The molecule has 0 aromatic carbocycles. The van der Waals surface area contributed by atoms with Gasteiger partial charge < -0.3 is 19.9 Å². The molecule has 2 unspecified atom stereocenters. The van der Waals surface area contributed by atoms with Crippen molar-refractivity contribution in [1.82, 2.24) is 5.32 Å². The van der Waals surface area contributed by atoms with Crippen LogP contribution in [-0.2, 0) is 14.3 Å². The van der Waals surface area contributed by atoms with Gasteiger partial charge in [0.2, 0.25) is 5.91 Å². The minimum absolute atomic E-state index is 0.0132. The Morgan fingerprint density at radius 3 is 2.78 bits per heavy atom. The molecule has 0 spiro atoms. The normalized spacial score (nSPS) is 31.2. The van der Waals surface area contributed by atoms with Crippen LogP contribution in [0.25, 0.3) is 0 Å². The van der Waals surface area contributed by atoms with Crippen molar-refractivity contribution in [3.05, 3.63) is 0 Å². The number of ether oxygens (including phenoxy) is 2. The molecule has 5 nitrogen and oxygen atoms in total. The molecule has 2 heterocycles. The van der Waals surface area contributed by atoms with Crippen LogP contribution in [0.5, 0.6) is 0 Å². The SMILES string of the molecule is CCC1OCCC1C(=O)NCC1(O)CCOCC1. The molecule has 2 atom stereocenters. The third-order valence-corrected chi connectivity index (χ3v) is 3.96. The second-order valence-corrected chi connectivity index (χ2v) is 5.27. The van der Waals surface area contributed by atoms with Crippen LogP contribution < -0.4 is 5.32 Å². The van der Waals surface area contributed by atoms with Gasteiger partial charge in [-0.3, -0.25) is 4.79 Å². The molecular weight excluding hydrogens is 234 g/mol. The summed E-state index contributed by atoms with van der Waals surface area (Å²) in [7, 11) is 0. The molecular formula is C13H23NO4. The lowest BCUT2D eigenvalue weighted by Crippen LogP contribution is -2.48. The number of amides is 1. The van der Waals surface area contributed by atoms with Gasteiger partial charge in [0, 0.05) is 39.2 Å². The zero-order valence-electron chi connectivity index (χ0n) is 11.0. The molecule has 2 saturated heterocycles. The first kappa shape index (κ1) is 13.8. The van der Waals surface area contributed by atoms with E-state index in [0.29, 0.717) is 39.2 Å². The van der Waals surface area contributed by atoms with Gasteiger partial charge in [-0.05, 0) is 12.8 Å². The summed E-state index contributed by atoms with van der Waals surface area (Å²) in [6.07, 6.45) is 2.86. The lowest BCUT2D eigenvalue weighted by molar-refractivity contribution is -0.129. The number of nitrogens with one attached hydrogen (secondary N) is 1. The number of carbonyl (C=O) groups is 1. The third kappa shape index (κ3) is 3.22. The van der Waals surface area contributed by atoms with Crippen molar-refractivity contribution >= 4 is 5.91 Å². The maximum absolute atomic E-state index is 12.1. The first-order chi connectivity index (χ1) is 8.64. The minimum Gasteiger partial charge on any atom is -0.388 e. The summed E-state index contributed by atoms with van der Waals surface area (Å²) >= 11 is 0. The van der Waals surface area contributed by atoms with E-state index in [-0.39, 0.29) is 17.9 Å². The van der Waals surface area contributed by atoms with E-state index in [4.69, 9.17) is 9.47 Å². The molecule has 5 heteroatoms. The van der Waals surface area contributed by atoms with Crippen LogP contribution in [0.2, 0.25) is 0 Å². The van der Waals surface area contributed by atoms with Crippen LogP contribution in [-0.4, -0.2) is 49.1 Å². The van der Waals surface area contributed by atoms with Gasteiger partial charge in [0.15, 0.2) is 0 Å². The van der Waals surface area contributed by atoms with Crippen LogP contribution in [0.3, 0.4) is 0 Å². The number of hydrogen-bond acceptors (Lipinski definition) is 4. The van der Waals surface area contributed by atoms with E-state index in [1.807, 2.05) is 6.92 Å². The second kappa shape index (κ2) is 5.99. The third-order valence-electron chi connectivity index (χ3n) is 3.96. The topological polar surface area (TPSA) is 67.8 Å². The highest BCUT2D eigenvalue weighted by Crippen LogP contribution is 2.24. The summed E-state index contributed by atoms with van der Waals surface area (Å²) in [6.45, 7) is 4.14. The van der Waals surface area contributed by atoms with Gasteiger partial charge in [-0.1, -0.05) is 6.92 Å². The second-order valence-electron chi connectivity index (χ2n) is 5.27. The molecule has 0 aromatic rings. The Balaban J connectivity index is 1.80. The van der Waals surface area contributed by atoms with Crippen molar-refractivity contribution in [2.24, 2.45) is 5.92 Å². The zero-order chi connectivity index (χ0) is 13.0. The van der Waals surface area contributed by atoms with E-state index in [0.717, 1.165) is 12.8 Å². The summed E-state index contributed by atoms with van der Waals surface area (Å²) < 4.78 is 10.7. The smallest absolute Gasteiger partial charge is 0.225 e.